The fourth-order valence-corrected chi connectivity index (χ4v) is 3.09. The van der Waals surface area contributed by atoms with Gasteiger partial charge >= 0.3 is 0 Å². The van der Waals surface area contributed by atoms with Crippen molar-refractivity contribution in [3.8, 4) is 5.75 Å². The number of likely N-dealkylation sites (tertiary alicyclic amines) is 1. The first-order valence-corrected chi connectivity index (χ1v) is 8.77. The van der Waals surface area contributed by atoms with Crippen molar-refractivity contribution in [2.24, 2.45) is 0 Å². The molecule has 1 aliphatic heterocycles. The lowest BCUT2D eigenvalue weighted by Crippen LogP contribution is -2.42. The summed E-state index contributed by atoms with van der Waals surface area (Å²) in [5.41, 5.74) is 0.329. The Kier molecular flexibility index (Phi) is 5.31. The van der Waals surface area contributed by atoms with Crippen LogP contribution in [-0.4, -0.2) is 39.8 Å². The maximum absolute atomic E-state index is 12.6. The fourth-order valence-electron chi connectivity index (χ4n) is 2.74. The molecule has 128 valence electrons. The van der Waals surface area contributed by atoms with E-state index in [4.69, 9.17) is 27.9 Å². The average Bonchev–Trinajstić information content (AvgIpc) is 2.98. The van der Waals surface area contributed by atoms with Gasteiger partial charge in [0.05, 0.1) is 5.02 Å². The smallest absolute Gasteiger partial charge is 0.275 e. The molecule has 1 fully saturated rings. The molecule has 0 radical (unpaired) electrons. The molecule has 0 saturated carbocycles. The van der Waals surface area contributed by atoms with Gasteiger partial charge in [-0.25, -0.2) is 0 Å². The van der Waals surface area contributed by atoms with Crippen LogP contribution in [0.15, 0.2) is 30.5 Å². The molecule has 2 heterocycles. The number of aromatic nitrogens is 2. The Morgan fingerprint density at radius 2 is 1.92 bits per heavy atom. The number of ether oxygens (including phenoxy) is 1. The van der Waals surface area contributed by atoms with Gasteiger partial charge in [0, 0.05) is 43.7 Å². The van der Waals surface area contributed by atoms with Gasteiger partial charge < -0.3 is 9.64 Å². The standard InChI is InChI=1S/C17H19Cl2N3O2/c1-2-22-11-15(19)16(20-22)17(23)21-9-7-14(8-10-21)24-13-5-3-12(18)4-6-13/h3-6,11,14H,2,7-10H2,1H3. The maximum atomic E-state index is 12.6. The van der Waals surface area contributed by atoms with Gasteiger partial charge in [-0.1, -0.05) is 23.2 Å². The third-order valence-electron chi connectivity index (χ3n) is 4.09. The second-order valence-corrected chi connectivity index (χ2v) is 6.59. The second kappa shape index (κ2) is 7.45. The van der Waals surface area contributed by atoms with Crippen LogP contribution in [0.3, 0.4) is 0 Å². The van der Waals surface area contributed by atoms with Crippen LogP contribution >= 0.6 is 23.2 Å². The molecule has 5 nitrogen and oxygen atoms in total. The van der Waals surface area contributed by atoms with Crippen LogP contribution in [0.4, 0.5) is 0 Å². The number of benzene rings is 1. The molecule has 0 atom stereocenters. The third kappa shape index (κ3) is 3.84. The van der Waals surface area contributed by atoms with E-state index in [2.05, 4.69) is 5.10 Å². The monoisotopic (exact) mass is 367 g/mol. The number of piperidine rings is 1. The Balaban J connectivity index is 1.57. The van der Waals surface area contributed by atoms with Crippen LogP contribution < -0.4 is 4.74 Å². The van der Waals surface area contributed by atoms with Gasteiger partial charge in [-0.3, -0.25) is 9.48 Å². The van der Waals surface area contributed by atoms with Crippen molar-refractivity contribution in [3.05, 3.63) is 46.2 Å². The number of amides is 1. The molecule has 0 bridgehead atoms. The number of hydrogen-bond acceptors (Lipinski definition) is 3. The van der Waals surface area contributed by atoms with Gasteiger partial charge in [-0.2, -0.15) is 5.10 Å². The van der Waals surface area contributed by atoms with Crippen LogP contribution in [-0.2, 0) is 6.54 Å². The van der Waals surface area contributed by atoms with Crippen molar-refractivity contribution >= 4 is 29.1 Å². The molecule has 0 aliphatic carbocycles. The summed E-state index contributed by atoms with van der Waals surface area (Å²) in [4.78, 5) is 14.4. The molecule has 0 spiro atoms. The number of carbonyl (C=O) groups is 1. The Labute approximate surface area is 151 Å². The van der Waals surface area contributed by atoms with Gasteiger partial charge in [-0.05, 0) is 31.2 Å². The van der Waals surface area contributed by atoms with E-state index in [1.165, 1.54) is 0 Å². The molecule has 0 N–H and O–H groups in total. The van der Waals surface area contributed by atoms with Crippen LogP contribution in [0.2, 0.25) is 10.0 Å². The summed E-state index contributed by atoms with van der Waals surface area (Å²) >= 11 is 12.0. The molecule has 3 rings (SSSR count). The molecule has 1 aromatic heterocycles. The average molecular weight is 368 g/mol. The van der Waals surface area contributed by atoms with Crippen molar-refractivity contribution in [3.63, 3.8) is 0 Å². The van der Waals surface area contributed by atoms with Gasteiger partial charge in [0.25, 0.3) is 5.91 Å². The SMILES string of the molecule is CCn1cc(Cl)c(C(=O)N2CCC(Oc3ccc(Cl)cc3)CC2)n1. The minimum atomic E-state index is -0.114. The lowest BCUT2D eigenvalue weighted by molar-refractivity contribution is 0.0589. The highest BCUT2D eigenvalue weighted by Crippen LogP contribution is 2.23. The minimum Gasteiger partial charge on any atom is -0.490 e. The maximum Gasteiger partial charge on any atom is 0.275 e. The molecule has 1 aliphatic rings. The number of nitrogens with zero attached hydrogens (tertiary/aromatic N) is 3. The fraction of sp³-hybridized carbons (Fsp3) is 0.412. The largest absolute Gasteiger partial charge is 0.490 e. The number of hydrogen-bond donors (Lipinski definition) is 0. The quantitative estimate of drug-likeness (QED) is 0.823. The lowest BCUT2D eigenvalue weighted by Gasteiger charge is -2.31. The van der Waals surface area contributed by atoms with Crippen LogP contribution in [0.1, 0.15) is 30.3 Å². The van der Waals surface area contributed by atoms with E-state index in [1.54, 1.807) is 15.8 Å². The van der Waals surface area contributed by atoms with E-state index in [9.17, 15) is 4.79 Å². The molecule has 24 heavy (non-hydrogen) atoms. The van der Waals surface area contributed by atoms with Gasteiger partial charge in [0.2, 0.25) is 0 Å². The van der Waals surface area contributed by atoms with E-state index >= 15 is 0 Å². The number of rotatable bonds is 4. The molecule has 1 saturated heterocycles. The Bertz CT molecular complexity index is 707. The molecule has 7 heteroatoms. The van der Waals surface area contributed by atoms with Crippen molar-refractivity contribution < 1.29 is 9.53 Å². The van der Waals surface area contributed by atoms with Crippen LogP contribution in [0.25, 0.3) is 0 Å². The van der Waals surface area contributed by atoms with E-state index in [1.807, 2.05) is 31.2 Å². The highest BCUT2D eigenvalue weighted by Gasteiger charge is 2.27. The van der Waals surface area contributed by atoms with Gasteiger partial charge in [-0.15, -0.1) is 0 Å². The molecular weight excluding hydrogens is 349 g/mol. The van der Waals surface area contributed by atoms with E-state index in [0.717, 1.165) is 18.6 Å². The Morgan fingerprint density at radius 1 is 1.25 bits per heavy atom. The number of carbonyl (C=O) groups excluding carboxylic acids is 1. The summed E-state index contributed by atoms with van der Waals surface area (Å²) in [6.07, 6.45) is 3.34. The predicted octanol–water partition coefficient (Wildman–Crippen LogP) is 3.89. The second-order valence-electron chi connectivity index (χ2n) is 5.74. The Hall–Kier alpha value is -1.72. The number of aryl methyl sites for hydroxylation is 1. The summed E-state index contributed by atoms with van der Waals surface area (Å²) in [5, 5.41) is 5.34. The van der Waals surface area contributed by atoms with Crippen molar-refractivity contribution in [2.45, 2.75) is 32.4 Å². The molecular formula is C17H19Cl2N3O2. The third-order valence-corrected chi connectivity index (χ3v) is 4.62. The first-order chi connectivity index (χ1) is 11.6. The predicted molar refractivity (Wildman–Crippen MR) is 93.9 cm³/mol. The first-order valence-electron chi connectivity index (χ1n) is 8.01. The van der Waals surface area contributed by atoms with Crippen molar-refractivity contribution in [2.75, 3.05) is 13.1 Å². The van der Waals surface area contributed by atoms with E-state index < -0.39 is 0 Å². The van der Waals surface area contributed by atoms with Gasteiger partial charge in [0.1, 0.15) is 11.9 Å². The molecule has 2 aromatic rings. The summed E-state index contributed by atoms with van der Waals surface area (Å²) in [6.45, 7) is 3.90. The summed E-state index contributed by atoms with van der Waals surface area (Å²) in [7, 11) is 0. The minimum absolute atomic E-state index is 0.0962. The lowest BCUT2D eigenvalue weighted by atomic mass is 10.1. The molecule has 0 unspecified atom stereocenters. The topological polar surface area (TPSA) is 47.4 Å². The van der Waals surface area contributed by atoms with E-state index in [-0.39, 0.29) is 12.0 Å². The normalized spacial score (nSPS) is 15.5. The highest BCUT2D eigenvalue weighted by atomic mass is 35.5. The van der Waals surface area contributed by atoms with Gasteiger partial charge in [0.15, 0.2) is 5.69 Å². The van der Waals surface area contributed by atoms with Crippen molar-refractivity contribution in [1.82, 2.24) is 14.7 Å². The zero-order chi connectivity index (χ0) is 17.1. The zero-order valence-electron chi connectivity index (χ0n) is 13.4. The summed E-state index contributed by atoms with van der Waals surface area (Å²) in [6, 6.07) is 7.33. The molecule has 1 aromatic carbocycles. The highest BCUT2D eigenvalue weighted by molar-refractivity contribution is 6.33. The summed E-state index contributed by atoms with van der Waals surface area (Å²) in [5.74, 6) is 0.686. The van der Waals surface area contributed by atoms with Crippen LogP contribution in [0.5, 0.6) is 5.75 Å². The van der Waals surface area contributed by atoms with Crippen molar-refractivity contribution in [1.29, 1.82) is 0 Å². The zero-order valence-corrected chi connectivity index (χ0v) is 14.9. The van der Waals surface area contributed by atoms with E-state index in [0.29, 0.717) is 35.4 Å². The first kappa shape index (κ1) is 17.1. The molecule has 1 amide bonds. The van der Waals surface area contributed by atoms with Crippen LogP contribution in [0, 0.1) is 0 Å². The number of halogens is 2. The Morgan fingerprint density at radius 3 is 2.50 bits per heavy atom. The summed E-state index contributed by atoms with van der Waals surface area (Å²) < 4.78 is 7.62.